The quantitative estimate of drug-likeness (QED) is 0.103. The van der Waals surface area contributed by atoms with Crippen molar-refractivity contribution >= 4 is 98.0 Å². The van der Waals surface area contributed by atoms with E-state index in [0.29, 0.717) is 40.5 Å². The topological polar surface area (TPSA) is 250 Å². The maximum Gasteiger partial charge on any atom is 0.260 e. The average Bonchev–Trinajstić information content (AvgIpc) is 4.51. The van der Waals surface area contributed by atoms with Crippen molar-refractivity contribution in [3.05, 3.63) is 162 Å². The molecule has 12 aromatic rings. The van der Waals surface area contributed by atoms with Crippen LogP contribution in [0.3, 0.4) is 0 Å². The van der Waals surface area contributed by atoms with Crippen LogP contribution in [0.4, 0.5) is 0 Å². The molecule has 17 nitrogen and oxygen atoms in total. The lowest BCUT2D eigenvalue weighted by atomic mass is 9.97. The second-order valence-electron chi connectivity index (χ2n) is 21.6. The summed E-state index contributed by atoms with van der Waals surface area (Å²) in [5.41, 5.74) is 10.8. The summed E-state index contributed by atoms with van der Waals surface area (Å²) in [6.45, 7) is 7.88. The number of pyridine rings is 3. The fourth-order valence-corrected chi connectivity index (χ4v) is 17.9. The molecule has 5 N–H and O–H groups in total. The first-order valence-corrected chi connectivity index (χ1v) is 32.8. The molecular weight excluding hydrogens is 1150 g/mol. The lowest BCUT2D eigenvalue weighted by Gasteiger charge is -2.09. The van der Waals surface area contributed by atoms with Crippen LogP contribution in [0.25, 0.3) is 87.1 Å². The van der Waals surface area contributed by atoms with Gasteiger partial charge in [-0.25, -0.2) is 29.9 Å². The molecule has 0 fully saturated rings. The van der Waals surface area contributed by atoms with Gasteiger partial charge in [0.15, 0.2) is 29.1 Å². The van der Waals surface area contributed by atoms with E-state index in [1.807, 2.05) is 88.0 Å². The number of H-pyrrole nitrogens is 5. The third-order valence-electron chi connectivity index (χ3n) is 15.7. The molecule has 0 saturated carbocycles. The van der Waals surface area contributed by atoms with Crippen molar-refractivity contribution in [3.8, 4) is 46.2 Å². The summed E-state index contributed by atoms with van der Waals surface area (Å²) in [7, 11) is 0. The molecule has 84 heavy (non-hydrogen) atoms. The zero-order chi connectivity index (χ0) is 57.6. The molecular formula is C62H59N13O4S5. The van der Waals surface area contributed by atoms with E-state index in [0.717, 1.165) is 126 Å². The van der Waals surface area contributed by atoms with Gasteiger partial charge in [0.1, 0.15) is 36.4 Å². The minimum Gasteiger partial charge on any atom is -0.339 e. The van der Waals surface area contributed by atoms with Crippen LogP contribution in [0.15, 0.2) is 84.3 Å². The van der Waals surface area contributed by atoms with Crippen LogP contribution in [0.2, 0.25) is 0 Å². The van der Waals surface area contributed by atoms with Gasteiger partial charge in [0.05, 0.1) is 31.4 Å². The zero-order valence-electron chi connectivity index (χ0n) is 46.8. The second kappa shape index (κ2) is 23.8. The number of thioether (sulfide) groups is 1. The van der Waals surface area contributed by atoms with Gasteiger partial charge >= 0.3 is 0 Å². The van der Waals surface area contributed by atoms with Crippen LogP contribution in [0.1, 0.15) is 111 Å². The Balaban J connectivity index is 0.000000105. The third kappa shape index (κ3) is 11.2. The number of aryl methyl sites for hydroxylation is 11. The van der Waals surface area contributed by atoms with Gasteiger partial charge in [-0.15, -0.1) is 57.1 Å². The number of aromatic nitrogens is 13. The number of fused-ring (bicyclic) bond motifs is 12. The van der Waals surface area contributed by atoms with Gasteiger partial charge in [0.2, 0.25) is 0 Å². The maximum absolute atomic E-state index is 12.6. The molecule has 0 spiro atoms. The van der Waals surface area contributed by atoms with Crippen LogP contribution in [0, 0.1) is 27.7 Å². The van der Waals surface area contributed by atoms with E-state index < -0.39 is 0 Å². The van der Waals surface area contributed by atoms with Crippen molar-refractivity contribution in [1.29, 1.82) is 0 Å². The molecule has 0 atom stereocenters. The predicted octanol–water partition coefficient (Wildman–Crippen LogP) is 12.8. The van der Waals surface area contributed by atoms with Gasteiger partial charge < -0.3 is 24.9 Å². The number of rotatable bonds is 4. The lowest BCUT2D eigenvalue weighted by molar-refractivity contribution is 0.700. The maximum atomic E-state index is 12.6. The Morgan fingerprint density at radius 2 is 0.833 bits per heavy atom. The minimum atomic E-state index is -0.0540. The molecule has 12 aromatic heterocycles. The van der Waals surface area contributed by atoms with Crippen LogP contribution in [0.5, 0.6) is 0 Å². The lowest BCUT2D eigenvalue weighted by Crippen LogP contribution is -2.11. The summed E-state index contributed by atoms with van der Waals surface area (Å²) in [4.78, 5) is 108. The second-order valence-corrected chi connectivity index (χ2v) is 27.2. The highest BCUT2D eigenvalue weighted by Gasteiger charge is 2.25. The van der Waals surface area contributed by atoms with Crippen LogP contribution in [-0.2, 0) is 44.9 Å². The van der Waals surface area contributed by atoms with Crippen molar-refractivity contribution in [2.75, 3.05) is 5.75 Å². The molecule has 4 aliphatic rings. The molecule has 13 heterocycles. The standard InChI is InChI=1S/C17H17N3OS.C16H15N3OS.C15H13N3OS.C14H14N4OS2/c1-9-7-10(2)18-12(8-9)15-19-16(21)14-11-5-3-4-6-13(11)22-17(14)20-15;20-15-13-10-6-2-1-3-8-12(10)21-16(13)19-14(18-15)11-7-4-5-9-17-11;19-14-12-9-5-1-2-7-11(9)20-15(12)18-13(17-14)10-6-3-4-8-16-10;1-6-7(2)16-10(15-6)11-17-12(19)9-8-4-3-5-20-14(8)21-13(9)18-11/h7-8H,3-6H2,1-2H3,(H,19,20,21);4-5,7,9H,1-3,6,8H2,(H,18,19,20);3-4,6,8H,1-2,5,7H2,(H,17,18,19);3-5H2,1-2H3,(H,15,16)(H,17,18,19). The Hall–Kier alpha value is -7.63. The molecule has 426 valence electrons. The Morgan fingerprint density at radius 1 is 0.405 bits per heavy atom. The largest absolute Gasteiger partial charge is 0.339 e. The highest BCUT2D eigenvalue weighted by Crippen LogP contribution is 2.41. The highest BCUT2D eigenvalue weighted by atomic mass is 32.2. The Labute approximate surface area is 501 Å². The van der Waals surface area contributed by atoms with Gasteiger partial charge in [-0.2, -0.15) is 0 Å². The van der Waals surface area contributed by atoms with E-state index in [-0.39, 0.29) is 22.2 Å². The SMILES string of the molecule is Cc1cc(C)nc(-c2nc3sc4c(c3c(=O)[nH]2)CCCC4)c1.Cc1nc(-c2nc3sc4c(c3c(=O)[nH]2)CCCS4)[nH]c1C.O=c1[nH]c(-c2ccccn2)nc2sc3c(c12)CCCC3.O=c1[nH]c(-c2ccccn2)nc2sc3c(c12)CCCCC3. The van der Waals surface area contributed by atoms with Crippen molar-refractivity contribution < 1.29 is 0 Å². The molecule has 0 bridgehead atoms. The molecule has 22 heteroatoms. The molecule has 3 aliphatic carbocycles. The predicted molar refractivity (Wildman–Crippen MR) is 341 cm³/mol. The molecule has 1 aliphatic heterocycles. The monoisotopic (exact) mass is 1210 g/mol. The van der Waals surface area contributed by atoms with E-state index >= 15 is 0 Å². The first kappa shape index (κ1) is 55.6. The van der Waals surface area contributed by atoms with Crippen molar-refractivity contribution in [1.82, 2.24) is 64.8 Å². The van der Waals surface area contributed by atoms with Crippen molar-refractivity contribution in [2.45, 2.75) is 128 Å². The highest BCUT2D eigenvalue weighted by molar-refractivity contribution is 8.01. The number of hydrogen-bond donors (Lipinski definition) is 5. The number of thiophene rings is 4. The summed E-state index contributed by atoms with van der Waals surface area (Å²) in [5.74, 6) is 3.96. The smallest absolute Gasteiger partial charge is 0.260 e. The Kier molecular flexibility index (Phi) is 15.7. The first-order valence-electron chi connectivity index (χ1n) is 28.5. The van der Waals surface area contributed by atoms with E-state index in [2.05, 4.69) is 59.8 Å². The van der Waals surface area contributed by atoms with Gasteiger partial charge in [-0.05, 0) is 188 Å². The molecule has 0 saturated heterocycles. The summed E-state index contributed by atoms with van der Waals surface area (Å²) in [6, 6.07) is 15.2. The molecule has 0 radical (unpaired) electrons. The van der Waals surface area contributed by atoms with Gasteiger partial charge in [0, 0.05) is 38.4 Å². The Bertz CT molecular complexity index is 4680. The molecule has 0 amide bonds. The number of hydrogen-bond acceptors (Lipinski definition) is 17. The minimum absolute atomic E-state index is 0.0274. The van der Waals surface area contributed by atoms with Gasteiger partial charge in [-0.1, -0.05) is 18.6 Å². The first-order chi connectivity index (χ1) is 40.9. The van der Waals surface area contributed by atoms with Crippen molar-refractivity contribution in [2.24, 2.45) is 0 Å². The fraction of sp³-hybridized carbons (Fsp3) is 0.323. The van der Waals surface area contributed by atoms with Crippen LogP contribution < -0.4 is 22.2 Å². The van der Waals surface area contributed by atoms with Gasteiger partial charge in [-0.3, -0.25) is 29.1 Å². The number of imidazole rings is 1. The van der Waals surface area contributed by atoms with Crippen molar-refractivity contribution in [3.63, 3.8) is 0 Å². The Morgan fingerprint density at radius 3 is 1.32 bits per heavy atom. The van der Waals surface area contributed by atoms with Gasteiger partial charge in [0.25, 0.3) is 22.2 Å². The normalized spacial score (nSPS) is 14.5. The molecule has 0 aromatic carbocycles. The van der Waals surface area contributed by atoms with E-state index in [1.165, 1.54) is 86.0 Å². The number of nitrogens with one attached hydrogen (secondary N) is 5. The van der Waals surface area contributed by atoms with E-state index in [1.54, 1.807) is 57.7 Å². The third-order valence-corrected chi connectivity index (χ3v) is 21.7. The molecule has 0 unspecified atom stereocenters. The average molecular weight is 1210 g/mol. The summed E-state index contributed by atoms with van der Waals surface area (Å²) in [6.07, 6.45) is 20.1. The zero-order valence-corrected chi connectivity index (χ0v) is 50.9. The number of nitrogens with zero attached hydrogens (tertiary/aromatic N) is 8. The van der Waals surface area contributed by atoms with Crippen LogP contribution >= 0.6 is 57.1 Å². The van der Waals surface area contributed by atoms with E-state index in [4.69, 9.17) is 4.98 Å². The molecule has 16 rings (SSSR count). The fourth-order valence-electron chi connectivity index (χ4n) is 11.6. The van der Waals surface area contributed by atoms with Crippen LogP contribution in [-0.4, -0.2) is 70.5 Å². The summed E-state index contributed by atoms with van der Waals surface area (Å²) >= 11 is 8.47. The number of aromatic amines is 5. The van der Waals surface area contributed by atoms with E-state index in [9.17, 15) is 19.2 Å². The summed E-state index contributed by atoms with van der Waals surface area (Å²) in [5, 5.41) is 3.17. The summed E-state index contributed by atoms with van der Waals surface area (Å²) < 4.78 is 1.25.